The van der Waals surface area contributed by atoms with Gasteiger partial charge in [0.05, 0.1) is 15.7 Å². The maximum Gasteiger partial charge on any atom is 0.305 e. The van der Waals surface area contributed by atoms with Gasteiger partial charge in [0.1, 0.15) is 5.82 Å². The molecular formula is C11H9F2NO3S. The number of nitrogens with zero attached hydrogens (tertiary/aromatic N) is 1. The molecule has 0 aromatic heterocycles. The summed E-state index contributed by atoms with van der Waals surface area (Å²) in [5.41, 5.74) is -1.66. The highest BCUT2D eigenvalue weighted by Crippen LogP contribution is 2.32. The number of ketones is 1. The minimum atomic E-state index is -1.38. The number of nitro groups is 1. The van der Waals surface area contributed by atoms with E-state index >= 15 is 0 Å². The van der Waals surface area contributed by atoms with Gasteiger partial charge in [-0.1, -0.05) is 0 Å². The largest absolute Gasteiger partial charge is 0.305 e. The van der Waals surface area contributed by atoms with Crippen LogP contribution in [0.5, 0.6) is 0 Å². The molecular weight excluding hydrogens is 264 g/mol. The molecule has 0 amide bonds. The van der Waals surface area contributed by atoms with Crippen LogP contribution in [0.25, 0.3) is 0 Å². The van der Waals surface area contributed by atoms with Gasteiger partial charge in [-0.25, -0.2) is 4.39 Å². The van der Waals surface area contributed by atoms with Crippen LogP contribution in [0.3, 0.4) is 0 Å². The lowest BCUT2D eigenvalue weighted by atomic mass is 10.0. The highest BCUT2D eigenvalue weighted by atomic mass is 32.2. The van der Waals surface area contributed by atoms with E-state index in [4.69, 9.17) is 0 Å². The minimum absolute atomic E-state index is 0.504. The van der Waals surface area contributed by atoms with Crippen molar-refractivity contribution in [2.24, 2.45) is 0 Å². The lowest BCUT2D eigenvalue weighted by Gasteiger charge is -2.09. The maximum absolute atomic E-state index is 13.8. The van der Waals surface area contributed by atoms with E-state index in [-0.39, 0.29) is 0 Å². The van der Waals surface area contributed by atoms with Gasteiger partial charge in [0, 0.05) is 6.07 Å². The number of rotatable bonds is 3. The molecule has 2 rings (SSSR count). The summed E-state index contributed by atoms with van der Waals surface area (Å²) >= 11 is 1.32. The normalized spacial score (nSPS) is 18.9. The Kier molecular flexibility index (Phi) is 3.60. The highest BCUT2D eigenvalue weighted by molar-refractivity contribution is 8.00. The van der Waals surface area contributed by atoms with Crippen molar-refractivity contribution >= 4 is 23.2 Å². The van der Waals surface area contributed by atoms with Gasteiger partial charge in [0.15, 0.2) is 5.78 Å². The SMILES string of the molecule is O=C(c1c(F)ccc([N+](=O)[O-])c1F)C1CCCS1. The first kappa shape index (κ1) is 12.9. The van der Waals surface area contributed by atoms with E-state index < -0.39 is 38.8 Å². The van der Waals surface area contributed by atoms with Crippen molar-refractivity contribution < 1.29 is 18.5 Å². The number of carbonyl (C=O) groups is 1. The molecule has 1 aliphatic heterocycles. The number of benzene rings is 1. The average molecular weight is 273 g/mol. The molecule has 1 fully saturated rings. The van der Waals surface area contributed by atoms with Crippen LogP contribution < -0.4 is 0 Å². The molecule has 1 saturated heterocycles. The minimum Gasteiger partial charge on any atom is -0.293 e. The van der Waals surface area contributed by atoms with Gasteiger partial charge in [0.25, 0.3) is 0 Å². The zero-order valence-corrected chi connectivity index (χ0v) is 10.0. The van der Waals surface area contributed by atoms with Gasteiger partial charge in [-0.2, -0.15) is 16.2 Å². The molecule has 1 aliphatic rings. The lowest BCUT2D eigenvalue weighted by molar-refractivity contribution is -0.387. The number of hydrogen-bond acceptors (Lipinski definition) is 4. The molecule has 1 unspecified atom stereocenters. The van der Waals surface area contributed by atoms with Crippen LogP contribution in [0, 0.1) is 21.7 Å². The summed E-state index contributed by atoms with van der Waals surface area (Å²) < 4.78 is 27.3. The van der Waals surface area contributed by atoms with E-state index in [1.165, 1.54) is 11.8 Å². The van der Waals surface area contributed by atoms with Gasteiger partial charge in [-0.15, -0.1) is 0 Å². The fourth-order valence-electron chi connectivity index (χ4n) is 1.85. The van der Waals surface area contributed by atoms with Crippen molar-refractivity contribution in [3.63, 3.8) is 0 Å². The number of carbonyl (C=O) groups excluding carboxylic acids is 1. The molecule has 1 aromatic carbocycles. The summed E-state index contributed by atoms with van der Waals surface area (Å²) in [6.45, 7) is 0. The van der Waals surface area contributed by atoms with Crippen LogP contribution in [-0.4, -0.2) is 21.7 Å². The van der Waals surface area contributed by atoms with Crippen molar-refractivity contribution in [3.8, 4) is 0 Å². The first-order chi connectivity index (χ1) is 8.52. The Labute approximate surface area is 106 Å². The molecule has 1 heterocycles. The van der Waals surface area contributed by atoms with Crippen LogP contribution in [-0.2, 0) is 0 Å². The standard InChI is InChI=1S/C11H9F2NO3S/c12-6-3-4-7(14(16)17)10(13)9(6)11(15)8-2-1-5-18-8/h3-4,8H,1-2,5H2. The molecule has 0 aliphatic carbocycles. The van der Waals surface area contributed by atoms with E-state index in [1.54, 1.807) is 0 Å². The van der Waals surface area contributed by atoms with Crippen LogP contribution in [0.2, 0.25) is 0 Å². The third kappa shape index (κ3) is 2.22. The summed E-state index contributed by atoms with van der Waals surface area (Å²) in [6, 6.07) is 1.48. The summed E-state index contributed by atoms with van der Waals surface area (Å²) in [7, 11) is 0. The van der Waals surface area contributed by atoms with Crippen LogP contribution in [0.15, 0.2) is 12.1 Å². The predicted octanol–water partition coefficient (Wildman–Crippen LogP) is 2.95. The van der Waals surface area contributed by atoms with Crippen LogP contribution in [0.4, 0.5) is 14.5 Å². The molecule has 1 atom stereocenters. The Morgan fingerprint density at radius 1 is 1.44 bits per heavy atom. The Balaban J connectivity index is 2.45. The van der Waals surface area contributed by atoms with Gasteiger partial charge in [0.2, 0.25) is 5.82 Å². The molecule has 0 saturated carbocycles. The summed E-state index contributed by atoms with van der Waals surface area (Å²) in [6.07, 6.45) is 1.35. The van der Waals surface area contributed by atoms with Crippen molar-refractivity contribution in [3.05, 3.63) is 39.4 Å². The number of hydrogen-bond donors (Lipinski definition) is 0. The fraction of sp³-hybridized carbons (Fsp3) is 0.364. The Bertz CT molecular complexity index is 515. The van der Waals surface area contributed by atoms with Gasteiger partial charge in [-0.05, 0) is 24.7 Å². The number of nitro benzene ring substituents is 1. The second-order valence-electron chi connectivity index (χ2n) is 3.88. The highest BCUT2D eigenvalue weighted by Gasteiger charge is 2.32. The Hall–Kier alpha value is -1.50. The average Bonchev–Trinajstić information content (AvgIpc) is 2.81. The lowest BCUT2D eigenvalue weighted by Crippen LogP contribution is -2.18. The van der Waals surface area contributed by atoms with E-state index in [0.717, 1.165) is 24.3 Å². The Morgan fingerprint density at radius 3 is 2.72 bits per heavy atom. The maximum atomic E-state index is 13.8. The summed E-state index contributed by atoms with van der Waals surface area (Å²) in [5, 5.41) is 10.1. The quantitative estimate of drug-likeness (QED) is 0.482. The van der Waals surface area contributed by atoms with E-state index in [0.29, 0.717) is 6.42 Å². The second-order valence-corrected chi connectivity index (χ2v) is 5.19. The van der Waals surface area contributed by atoms with E-state index in [1.807, 2.05) is 0 Å². The summed E-state index contributed by atoms with van der Waals surface area (Å²) in [4.78, 5) is 21.5. The molecule has 96 valence electrons. The van der Waals surface area contributed by atoms with Gasteiger partial charge >= 0.3 is 5.69 Å². The van der Waals surface area contributed by atoms with Crippen molar-refractivity contribution in [2.75, 3.05) is 5.75 Å². The third-order valence-electron chi connectivity index (χ3n) is 2.74. The van der Waals surface area contributed by atoms with Crippen LogP contribution >= 0.6 is 11.8 Å². The molecule has 1 aromatic rings. The zero-order valence-electron chi connectivity index (χ0n) is 9.19. The van der Waals surface area contributed by atoms with Crippen molar-refractivity contribution in [2.45, 2.75) is 18.1 Å². The smallest absolute Gasteiger partial charge is 0.293 e. The molecule has 0 spiro atoms. The first-order valence-electron chi connectivity index (χ1n) is 5.30. The van der Waals surface area contributed by atoms with Gasteiger partial charge in [-0.3, -0.25) is 14.9 Å². The second kappa shape index (κ2) is 5.01. The molecule has 0 N–H and O–H groups in total. The molecule has 18 heavy (non-hydrogen) atoms. The molecule has 4 nitrogen and oxygen atoms in total. The summed E-state index contributed by atoms with van der Waals surface area (Å²) in [5.74, 6) is -2.36. The van der Waals surface area contributed by atoms with Gasteiger partial charge < -0.3 is 0 Å². The Morgan fingerprint density at radius 2 is 2.17 bits per heavy atom. The van der Waals surface area contributed by atoms with E-state index in [2.05, 4.69) is 0 Å². The van der Waals surface area contributed by atoms with Crippen LogP contribution in [0.1, 0.15) is 23.2 Å². The van der Waals surface area contributed by atoms with Crippen molar-refractivity contribution in [1.29, 1.82) is 0 Å². The molecule has 7 heteroatoms. The number of halogens is 2. The zero-order chi connectivity index (χ0) is 13.3. The van der Waals surface area contributed by atoms with Crippen molar-refractivity contribution in [1.82, 2.24) is 0 Å². The first-order valence-corrected chi connectivity index (χ1v) is 6.35. The monoisotopic (exact) mass is 273 g/mol. The third-order valence-corrected chi connectivity index (χ3v) is 4.11. The van der Waals surface area contributed by atoms with E-state index in [9.17, 15) is 23.7 Å². The molecule has 0 radical (unpaired) electrons. The number of Topliss-reactive ketones (excluding diaryl/α,β-unsaturated/α-hetero) is 1. The number of thioether (sulfide) groups is 1. The fourth-order valence-corrected chi connectivity index (χ4v) is 3.07. The molecule has 0 bridgehead atoms. The topological polar surface area (TPSA) is 60.2 Å². The predicted molar refractivity (Wildman–Crippen MR) is 62.8 cm³/mol.